The van der Waals surface area contributed by atoms with E-state index in [9.17, 15) is 0 Å². The molecule has 0 N–H and O–H groups in total. The van der Waals surface area contributed by atoms with Gasteiger partial charge in [0.1, 0.15) is 0 Å². The van der Waals surface area contributed by atoms with Crippen LogP contribution in [0.3, 0.4) is 0 Å². The first-order valence-electron chi connectivity index (χ1n) is 4.44. The lowest BCUT2D eigenvalue weighted by Crippen LogP contribution is -2.13. The SMILES string of the molecule is c1cc(C2CCOCC2)ccn1. The van der Waals surface area contributed by atoms with E-state index in [0.29, 0.717) is 5.92 Å². The molecule has 1 aromatic rings. The minimum atomic E-state index is 0.696. The average molecular weight is 163 g/mol. The van der Waals surface area contributed by atoms with Crippen molar-refractivity contribution in [3.63, 3.8) is 0 Å². The summed E-state index contributed by atoms with van der Waals surface area (Å²) in [7, 11) is 0. The monoisotopic (exact) mass is 163 g/mol. The molecule has 2 rings (SSSR count). The van der Waals surface area contributed by atoms with Crippen LogP contribution in [0.25, 0.3) is 0 Å². The molecule has 0 unspecified atom stereocenters. The Bertz CT molecular complexity index is 229. The van der Waals surface area contributed by atoms with E-state index in [-0.39, 0.29) is 0 Å². The molecular formula is C10H13NO. The number of hydrogen-bond acceptors (Lipinski definition) is 2. The van der Waals surface area contributed by atoms with E-state index < -0.39 is 0 Å². The minimum absolute atomic E-state index is 0.696. The van der Waals surface area contributed by atoms with Gasteiger partial charge in [-0.3, -0.25) is 4.98 Å². The van der Waals surface area contributed by atoms with Gasteiger partial charge in [0.2, 0.25) is 0 Å². The molecule has 1 aliphatic heterocycles. The van der Waals surface area contributed by atoms with Gasteiger partial charge < -0.3 is 4.74 Å². The molecule has 0 spiro atoms. The maximum absolute atomic E-state index is 5.31. The summed E-state index contributed by atoms with van der Waals surface area (Å²) in [6.07, 6.45) is 6.05. The molecule has 1 saturated heterocycles. The Morgan fingerprint density at radius 3 is 2.50 bits per heavy atom. The summed E-state index contributed by atoms with van der Waals surface area (Å²) < 4.78 is 5.31. The van der Waals surface area contributed by atoms with Gasteiger partial charge in [-0.25, -0.2) is 0 Å². The Balaban J connectivity index is 2.08. The Labute approximate surface area is 72.6 Å². The molecule has 12 heavy (non-hydrogen) atoms. The van der Waals surface area contributed by atoms with Crippen molar-refractivity contribution in [2.45, 2.75) is 18.8 Å². The van der Waals surface area contributed by atoms with E-state index in [1.165, 1.54) is 5.56 Å². The molecular weight excluding hydrogens is 150 g/mol. The van der Waals surface area contributed by atoms with Gasteiger partial charge in [-0.05, 0) is 36.5 Å². The largest absolute Gasteiger partial charge is 0.381 e. The number of rotatable bonds is 1. The second-order valence-electron chi connectivity index (χ2n) is 3.17. The Morgan fingerprint density at radius 1 is 1.17 bits per heavy atom. The van der Waals surface area contributed by atoms with Crippen LogP contribution in [0.15, 0.2) is 24.5 Å². The van der Waals surface area contributed by atoms with Crippen molar-refractivity contribution in [3.8, 4) is 0 Å². The zero-order chi connectivity index (χ0) is 8.23. The van der Waals surface area contributed by atoms with Crippen molar-refractivity contribution >= 4 is 0 Å². The van der Waals surface area contributed by atoms with Crippen LogP contribution in [0.4, 0.5) is 0 Å². The normalized spacial score (nSPS) is 19.3. The minimum Gasteiger partial charge on any atom is -0.381 e. The lowest BCUT2D eigenvalue weighted by molar-refractivity contribution is 0.0853. The molecule has 64 valence electrons. The third-order valence-corrected chi connectivity index (χ3v) is 2.40. The number of pyridine rings is 1. The van der Waals surface area contributed by atoms with Crippen LogP contribution in [-0.4, -0.2) is 18.2 Å². The Hall–Kier alpha value is -0.890. The van der Waals surface area contributed by atoms with Crippen molar-refractivity contribution in [2.75, 3.05) is 13.2 Å². The number of aromatic nitrogens is 1. The van der Waals surface area contributed by atoms with Crippen LogP contribution in [0, 0.1) is 0 Å². The molecule has 1 aromatic heterocycles. The molecule has 0 amide bonds. The van der Waals surface area contributed by atoms with E-state index in [1.807, 2.05) is 12.4 Å². The fraction of sp³-hybridized carbons (Fsp3) is 0.500. The molecule has 1 aliphatic rings. The predicted molar refractivity (Wildman–Crippen MR) is 47.0 cm³/mol. The molecule has 1 fully saturated rings. The van der Waals surface area contributed by atoms with Gasteiger partial charge in [0, 0.05) is 25.6 Å². The molecule has 2 nitrogen and oxygen atoms in total. The molecule has 0 bridgehead atoms. The van der Waals surface area contributed by atoms with Crippen molar-refractivity contribution in [1.82, 2.24) is 4.98 Å². The molecule has 0 atom stereocenters. The molecule has 0 aromatic carbocycles. The highest BCUT2D eigenvalue weighted by Crippen LogP contribution is 2.25. The summed E-state index contributed by atoms with van der Waals surface area (Å²) in [5, 5.41) is 0. The van der Waals surface area contributed by atoms with Crippen LogP contribution in [-0.2, 0) is 4.74 Å². The van der Waals surface area contributed by atoms with Gasteiger partial charge in [0.15, 0.2) is 0 Å². The summed E-state index contributed by atoms with van der Waals surface area (Å²) in [6.45, 7) is 1.82. The van der Waals surface area contributed by atoms with Crippen LogP contribution in [0.1, 0.15) is 24.3 Å². The van der Waals surface area contributed by atoms with Gasteiger partial charge in [-0.1, -0.05) is 0 Å². The number of hydrogen-bond donors (Lipinski definition) is 0. The Kier molecular flexibility index (Phi) is 2.37. The molecule has 2 heterocycles. The van der Waals surface area contributed by atoms with Crippen molar-refractivity contribution < 1.29 is 4.74 Å². The third kappa shape index (κ3) is 1.64. The summed E-state index contributed by atoms with van der Waals surface area (Å²) >= 11 is 0. The lowest BCUT2D eigenvalue weighted by atomic mass is 9.93. The smallest absolute Gasteiger partial charge is 0.0471 e. The molecule has 0 aliphatic carbocycles. The maximum atomic E-state index is 5.31. The first-order valence-corrected chi connectivity index (χ1v) is 4.44. The molecule has 0 radical (unpaired) electrons. The van der Waals surface area contributed by atoms with E-state index in [2.05, 4.69) is 17.1 Å². The highest BCUT2D eigenvalue weighted by atomic mass is 16.5. The van der Waals surface area contributed by atoms with Gasteiger partial charge in [-0.2, -0.15) is 0 Å². The zero-order valence-electron chi connectivity index (χ0n) is 7.07. The second kappa shape index (κ2) is 3.68. The van der Waals surface area contributed by atoms with E-state index in [1.54, 1.807) is 0 Å². The fourth-order valence-corrected chi connectivity index (χ4v) is 1.67. The maximum Gasteiger partial charge on any atom is 0.0471 e. The standard InChI is InChI=1S/C10H13NO/c1-5-11-6-2-9(1)10-3-7-12-8-4-10/h1-2,5-6,10H,3-4,7-8H2. The average Bonchev–Trinajstić information content (AvgIpc) is 2.21. The zero-order valence-corrected chi connectivity index (χ0v) is 7.07. The van der Waals surface area contributed by atoms with Crippen LogP contribution in [0.5, 0.6) is 0 Å². The fourth-order valence-electron chi connectivity index (χ4n) is 1.67. The van der Waals surface area contributed by atoms with Crippen LogP contribution >= 0.6 is 0 Å². The second-order valence-corrected chi connectivity index (χ2v) is 3.17. The topological polar surface area (TPSA) is 22.1 Å². The summed E-state index contributed by atoms with van der Waals surface area (Å²) in [4.78, 5) is 4.01. The quantitative estimate of drug-likeness (QED) is 0.631. The van der Waals surface area contributed by atoms with Crippen molar-refractivity contribution in [3.05, 3.63) is 30.1 Å². The van der Waals surface area contributed by atoms with E-state index in [0.717, 1.165) is 26.1 Å². The molecule has 0 saturated carbocycles. The highest BCUT2D eigenvalue weighted by molar-refractivity contribution is 5.15. The van der Waals surface area contributed by atoms with Gasteiger partial charge in [0.05, 0.1) is 0 Å². The summed E-state index contributed by atoms with van der Waals surface area (Å²) in [6, 6.07) is 4.21. The van der Waals surface area contributed by atoms with E-state index in [4.69, 9.17) is 4.74 Å². The van der Waals surface area contributed by atoms with Crippen LogP contribution in [0.2, 0.25) is 0 Å². The Morgan fingerprint density at radius 2 is 1.83 bits per heavy atom. The van der Waals surface area contributed by atoms with Crippen molar-refractivity contribution in [1.29, 1.82) is 0 Å². The van der Waals surface area contributed by atoms with Crippen LogP contribution < -0.4 is 0 Å². The molecule has 2 heteroatoms. The highest BCUT2D eigenvalue weighted by Gasteiger charge is 2.14. The van der Waals surface area contributed by atoms with Gasteiger partial charge in [0.25, 0.3) is 0 Å². The summed E-state index contributed by atoms with van der Waals surface area (Å²) in [5.74, 6) is 0.696. The van der Waals surface area contributed by atoms with Gasteiger partial charge >= 0.3 is 0 Å². The van der Waals surface area contributed by atoms with Gasteiger partial charge in [-0.15, -0.1) is 0 Å². The first-order chi connectivity index (χ1) is 5.97. The predicted octanol–water partition coefficient (Wildman–Crippen LogP) is 1.98. The van der Waals surface area contributed by atoms with Crippen molar-refractivity contribution in [2.24, 2.45) is 0 Å². The number of ether oxygens (including phenoxy) is 1. The van der Waals surface area contributed by atoms with E-state index >= 15 is 0 Å². The third-order valence-electron chi connectivity index (χ3n) is 2.40. The first kappa shape index (κ1) is 7.74. The summed E-state index contributed by atoms with van der Waals surface area (Å²) in [5.41, 5.74) is 1.41. The lowest BCUT2D eigenvalue weighted by Gasteiger charge is -2.21. The number of nitrogens with zero attached hydrogens (tertiary/aromatic N) is 1.